The third-order valence-corrected chi connectivity index (χ3v) is 6.57. The van der Waals surface area contributed by atoms with E-state index in [2.05, 4.69) is 58.8 Å². The molecule has 1 aromatic carbocycles. The molecule has 0 unspecified atom stereocenters. The van der Waals surface area contributed by atoms with Crippen molar-refractivity contribution in [2.75, 3.05) is 12.4 Å². The number of hydrogen-bond donors (Lipinski definition) is 1. The Balaban J connectivity index is 1.71. The molecule has 0 radical (unpaired) electrons. The molecule has 0 atom stereocenters. The number of thiophene rings is 1. The maximum Gasteiger partial charge on any atom is 0.158 e. The highest BCUT2D eigenvalue weighted by atomic mass is 32.1. The van der Waals surface area contributed by atoms with E-state index in [0.29, 0.717) is 19.0 Å². The van der Waals surface area contributed by atoms with E-state index in [1.54, 1.807) is 29.8 Å². The molecule has 0 aliphatic carbocycles. The second-order valence-electron chi connectivity index (χ2n) is 7.72. The van der Waals surface area contributed by atoms with Gasteiger partial charge in [0.05, 0.1) is 11.9 Å². The molecule has 0 saturated carbocycles. The zero-order valence-corrected chi connectivity index (χ0v) is 18.5. The molecule has 0 aliphatic rings. The molecule has 0 amide bonds. The minimum atomic E-state index is -0.00241. The summed E-state index contributed by atoms with van der Waals surface area (Å²) < 4.78 is 5.26. The van der Waals surface area contributed by atoms with E-state index in [1.165, 1.54) is 0 Å². The first-order chi connectivity index (χ1) is 14.0. The van der Waals surface area contributed by atoms with Crippen LogP contribution in [0.1, 0.15) is 36.6 Å². The van der Waals surface area contributed by atoms with Gasteiger partial charge in [0.2, 0.25) is 0 Å². The van der Waals surface area contributed by atoms with Crippen molar-refractivity contribution in [2.24, 2.45) is 0 Å². The van der Waals surface area contributed by atoms with Crippen molar-refractivity contribution in [3.8, 4) is 11.1 Å². The molecule has 150 valence electrons. The van der Waals surface area contributed by atoms with Gasteiger partial charge in [-0.25, -0.2) is 9.97 Å². The number of aromatic nitrogens is 4. The van der Waals surface area contributed by atoms with Crippen LogP contribution >= 0.6 is 22.7 Å². The molecule has 0 fully saturated rings. The van der Waals surface area contributed by atoms with Crippen molar-refractivity contribution in [1.29, 1.82) is 0 Å². The summed E-state index contributed by atoms with van der Waals surface area (Å²) in [5.74, 6) is 1.46. The second-order valence-corrected chi connectivity index (χ2v) is 9.64. The van der Waals surface area contributed by atoms with Crippen LogP contribution < -0.4 is 5.32 Å². The molecular weight excluding hydrogens is 402 g/mol. The van der Waals surface area contributed by atoms with Crippen molar-refractivity contribution < 1.29 is 4.74 Å². The molecule has 3 aromatic heterocycles. The van der Waals surface area contributed by atoms with Crippen molar-refractivity contribution >= 4 is 38.7 Å². The first-order valence-electron chi connectivity index (χ1n) is 9.35. The fourth-order valence-electron chi connectivity index (χ4n) is 2.93. The van der Waals surface area contributed by atoms with Gasteiger partial charge in [0.1, 0.15) is 27.3 Å². The van der Waals surface area contributed by atoms with Crippen LogP contribution in [-0.4, -0.2) is 27.3 Å². The summed E-state index contributed by atoms with van der Waals surface area (Å²) in [7, 11) is 1.65. The Morgan fingerprint density at radius 1 is 1.07 bits per heavy atom. The van der Waals surface area contributed by atoms with Gasteiger partial charge in [-0.05, 0) is 5.56 Å². The van der Waals surface area contributed by atoms with Crippen molar-refractivity contribution in [2.45, 2.75) is 39.3 Å². The number of rotatable bonds is 6. The summed E-state index contributed by atoms with van der Waals surface area (Å²) in [4.78, 5) is 10.4. The Kier molecular flexibility index (Phi) is 5.58. The summed E-state index contributed by atoms with van der Waals surface area (Å²) in [6.07, 6.45) is 0. The Morgan fingerprint density at radius 2 is 1.86 bits per heavy atom. The first-order valence-corrected chi connectivity index (χ1v) is 11.0. The maximum absolute atomic E-state index is 5.26. The third kappa shape index (κ3) is 4.29. The molecule has 4 rings (SSSR count). The number of ether oxygens (including phenoxy) is 1. The molecule has 6 nitrogen and oxygen atoms in total. The molecule has 0 aliphatic heterocycles. The number of anilines is 1. The van der Waals surface area contributed by atoms with Crippen LogP contribution in [0.5, 0.6) is 0 Å². The SMILES string of the molecule is COCc1nc(NCc2nnc(C(C)(C)C)s2)c2c(-c3ccccc3)csc2n1. The van der Waals surface area contributed by atoms with Crippen LogP contribution in [-0.2, 0) is 23.3 Å². The summed E-state index contributed by atoms with van der Waals surface area (Å²) in [5, 5.41) is 17.3. The summed E-state index contributed by atoms with van der Waals surface area (Å²) in [6.45, 7) is 7.38. The highest BCUT2D eigenvalue weighted by Crippen LogP contribution is 2.37. The quantitative estimate of drug-likeness (QED) is 0.454. The third-order valence-electron chi connectivity index (χ3n) is 4.35. The van der Waals surface area contributed by atoms with Crippen molar-refractivity contribution in [1.82, 2.24) is 20.2 Å². The van der Waals surface area contributed by atoms with Crippen LogP contribution in [0.25, 0.3) is 21.3 Å². The van der Waals surface area contributed by atoms with Gasteiger partial charge in [-0.2, -0.15) is 0 Å². The van der Waals surface area contributed by atoms with Gasteiger partial charge < -0.3 is 10.1 Å². The van der Waals surface area contributed by atoms with Crippen molar-refractivity contribution in [3.63, 3.8) is 0 Å². The smallest absolute Gasteiger partial charge is 0.158 e. The van der Waals surface area contributed by atoms with Gasteiger partial charge in [-0.1, -0.05) is 62.4 Å². The van der Waals surface area contributed by atoms with Crippen LogP contribution in [0.15, 0.2) is 35.7 Å². The van der Waals surface area contributed by atoms with E-state index in [-0.39, 0.29) is 5.41 Å². The fourth-order valence-corrected chi connectivity index (χ4v) is 4.73. The standard InChI is InChI=1S/C21H23N5OS2/c1-21(2,3)20-26-25-16(29-20)10-22-18-17-14(13-8-6-5-7-9-13)12-28-19(17)24-15(23-18)11-27-4/h5-9,12H,10-11H2,1-4H3,(H,22,23,24). The Hall–Kier alpha value is -2.42. The molecule has 1 N–H and O–H groups in total. The zero-order chi connectivity index (χ0) is 20.4. The Bertz CT molecular complexity index is 1120. The number of benzene rings is 1. The van der Waals surface area contributed by atoms with E-state index in [1.807, 2.05) is 18.2 Å². The molecule has 0 bridgehead atoms. The van der Waals surface area contributed by atoms with Crippen LogP contribution in [0, 0.1) is 0 Å². The molecule has 0 spiro atoms. The molecular formula is C21H23N5OS2. The largest absolute Gasteiger partial charge is 0.377 e. The zero-order valence-electron chi connectivity index (χ0n) is 16.9. The minimum absolute atomic E-state index is 0.00241. The average molecular weight is 426 g/mol. The summed E-state index contributed by atoms with van der Waals surface area (Å²) >= 11 is 3.25. The molecule has 3 heterocycles. The van der Waals surface area contributed by atoms with Gasteiger partial charge >= 0.3 is 0 Å². The lowest BCUT2D eigenvalue weighted by Gasteiger charge is -2.12. The van der Waals surface area contributed by atoms with Gasteiger partial charge in [-0.3, -0.25) is 0 Å². The number of fused-ring (bicyclic) bond motifs is 1. The lowest BCUT2D eigenvalue weighted by Crippen LogP contribution is -2.10. The molecule has 29 heavy (non-hydrogen) atoms. The minimum Gasteiger partial charge on any atom is -0.377 e. The lowest BCUT2D eigenvalue weighted by atomic mass is 9.98. The van der Waals surface area contributed by atoms with Gasteiger partial charge in [0, 0.05) is 23.5 Å². The van der Waals surface area contributed by atoms with E-state index >= 15 is 0 Å². The van der Waals surface area contributed by atoms with Gasteiger partial charge in [-0.15, -0.1) is 21.5 Å². The van der Waals surface area contributed by atoms with Gasteiger partial charge in [0.15, 0.2) is 5.82 Å². The lowest BCUT2D eigenvalue weighted by molar-refractivity contribution is 0.178. The molecule has 4 aromatic rings. The number of hydrogen-bond acceptors (Lipinski definition) is 8. The molecule has 0 saturated heterocycles. The van der Waals surface area contributed by atoms with E-state index in [9.17, 15) is 0 Å². The monoisotopic (exact) mass is 425 g/mol. The summed E-state index contributed by atoms with van der Waals surface area (Å²) in [6, 6.07) is 10.3. The Labute approximate surface area is 178 Å². The fraction of sp³-hybridized carbons (Fsp3) is 0.333. The van der Waals surface area contributed by atoms with E-state index in [0.717, 1.165) is 37.2 Å². The first kappa shape index (κ1) is 19.9. The van der Waals surface area contributed by atoms with Gasteiger partial charge in [0.25, 0.3) is 0 Å². The maximum atomic E-state index is 5.26. The predicted octanol–water partition coefficient (Wildman–Crippen LogP) is 5.27. The predicted molar refractivity (Wildman–Crippen MR) is 119 cm³/mol. The highest BCUT2D eigenvalue weighted by molar-refractivity contribution is 7.17. The van der Waals surface area contributed by atoms with Crippen molar-refractivity contribution in [3.05, 3.63) is 51.6 Å². The van der Waals surface area contributed by atoms with E-state index < -0.39 is 0 Å². The van der Waals surface area contributed by atoms with Crippen LogP contribution in [0.2, 0.25) is 0 Å². The number of methoxy groups -OCH3 is 1. The topological polar surface area (TPSA) is 72.8 Å². The highest BCUT2D eigenvalue weighted by Gasteiger charge is 2.20. The van der Waals surface area contributed by atoms with E-state index in [4.69, 9.17) is 9.72 Å². The number of nitrogens with one attached hydrogen (secondary N) is 1. The normalized spacial score (nSPS) is 11.9. The van der Waals surface area contributed by atoms with Crippen LogP contribution in [0.3, 0.4) is 0 Å². The molecule has 8 heteroatoms. The average Bonchev–Trinajstić information content (AvgIpc) is 3.34. The van der Waals surface area contributed by atoms with Crippen LogP contribution in [0.4, 0.5) is 5.82 Å². The Morgan fingerprint density at radius 3 is 2.55 bits per heavy atom. The second kappa shape index (κ2) is 8.14. The number of nitrogens with zero attached hydrogens (tertiary/aromatic N) is 4. The summed E-state index contributed by atoms with van der Waals surface area (Å²) in [5.41, 5.74) is 2.28.